The number of benzene rings is 2. The first kappa shape index (κ1) is 17.9. The van der Waals surface area contributed by atoms with Crippen LogP contribution in [0.2, 0.25) is 0 Å². The maximum absolute atomic E-state index is 12.3. The van der Waals surface area contributed by atoms with E-state index in [1.54, 1.807) is 26.2 Å². The van der Waals surface area contributed by atoms with Gasteiger partial charge < -0.3 is 14.8 Å². The lowest BCUT2D eigenvalue weighted by Crippen LogP contribution is -2.30. The van der Waals surface area contributed by atoms with Gasteiger partial charge in [-0.15, -0.1) is 0 Å². The van der Waals surface area contributed by atoms with Crippen LogP contribution >= 0.6 is 0 Å². The first-order valence-electron chi connectivity index (χ1n) is 8.02. The van der Waals surface area contributed by atoms with Crippen LogP contribution in [0.3, 0.4) is 0 Å². The van der Waals surface area contributed by atoms with Crippen molar-refractivity contribution in [3.63, 3.8) is 0 Å². The molecule has 2 aromatic carbocycles. The number of carbonyl (C=O) groups excluding carboxylic acids is 1. The third-order valence-electron chi connectivity index (χ3n) is 3.77. The predicted molar refractivity (Wildman–Crippen MR) is 96.9 cm³/mol. The number of methoxy groups -OCH3 is 1. The number of anilines is 1. The van der Waals surface area contributed by atoms with Gasteiger partial charge in [-0.3, -0.25) is 4.79 Å². The first-order valence-corrected chi connectivity index (χ1v) is 8.02. The molecule has 128 valence electrons. The molecule has 4 heteroatoms. The number of ether oxygens (including phenoxy) is 2. The van der Waals surface area contributed by atoms with Gasteiger partial charge in [-0.1, -0.05) is 45.0 Å². The van der Waals surface area contributed by atoms with Crippen molar-refractivity contribution < 1.29 is 14.3 Å². The average Bonchev–Trinajstić information content (AvgIpc) is 2.55. The molecular formula is C20H25NO3. The maximum atomic E-state index is 12.3. The molecule has 0 aliphatic rings. The van der Waals surface area contributed by atoms with Gasteiger partial charge in [0, 0.05) is 0 Å². The summed E-state index contributed by atoms with van der Waals surface area (Å²) in [6.45, 7) is 8.20. The molecule has 0 spiro atoms. The Kier molecular flexibility index (Phi) is 5.50. The summed E-state index contributed by atoms with van der Waals surface area (Å²) >= 11 is 0. The van der Waals surface area contributed by atoms with Crippen LogP contribution in [0.25, 0.3) is 0 Å². The Bertz CT molecular complexity index is 687. The Morgan fingerprint density at radius 1 is 1.04 bits per heavy atom. The molecule has 1 atom stereocenters. The minimum atomic E-state index is -0.615. The molecule has 2 rings (SSSR count). The van der Waals surface area contributed by atoms with Crippen LogP contribution in [-0.2, 0) is 10.2 Å². The lowest BCUT2D eigenvalue weighted by Gasteiger charge is -2.20. The topological polar surface area (TPSA) is 47.6 Å². The minimum absolute atomic E-state index is 0.0887. The standard InChI is InChI=1S/C20H25NO3/c1-14(19(22)21-17-8-6-7-9-18(17)23-5)24-16-12-10-15(11-13-16)20(2,3)4/h6-14H,1-5H3,(H,21,22)/t14-/m1/s1. The van der Waals surface area contributed by atoms with Gasteiger partial charge in [0.25, 0.3) is 5.91 Å². The Labute approximate surface area is 143 Å². The van der Waals surface area contributed by atoms with E-state index in [1.807, 2.05) is 36.4 Å². The highest BCUT2D eigenvalue weighted by Gasteiger charge is 2.17. The van der Waals surface area contributed by atoms with E-state index in [0.717, 1.165) is 0 Å². The number of para-hydroxylation sites is 2. The summed E-state index contributed by atoms with van der Waals surface area (Å²) in [6.07, 6.45) is -0.615. The zero-order valence-electron chi connectivity index (χ0n) is 14.9. The number of amides is 1. The van der Waals surface area contributed by atoms with Gasteiger partial charge in [-0.05, 0) is 42.2 Å². The molecule has 0 aliphatic carbocycles. The Balaban J connectivity index is 2.01. The fraction of sp³-hybridized carbons (Fsp3) is 0.350. The van der Waals surface area contributed by atoms with Crippen molar-refractivity contribution in [2.45, 2.75) is 39.2 Å². The summed E-state index contributed by atoms with van der Waals surface area (Å²) in [6, 6.07) is 15.1. The van der Waals surface area contributed by atoms with E-state index < -0.39 is 6.10 Å². The lowest BCUT2D eigenvalue weighted by atomic mass is 9.87. The highest BCUT2D eigenvalue weighted by Crippen LogP contribution is 2.25. The number of rotatable bonds is 5. The van der Waals surface area contributed by atoms with E-state index in [-0.39, 0.29) is 11.3 Å². The van der Waals surface area contributed by atoms with Crippen LogP contribution in [0.4, 0.5) is 5.69 Å². The van der Waals surface area contributed by atoms with Crippen LogP contribution in [0.5, 0.6) is 11.5 Å². The summed E-state index contributed by atoms with van der Waals surface area (Å²) in [7, 11) is 1.57. The van der Waals surface area contributed by atoms with Crippen LogP contribution < -0.4 is 14.8 Å². The molecule has 0 saturated heterocycles. The van der Waals surface area contributed by atoms with E-state index in [0.29, 0.717) is 17.2 Å². The molecule has 0 heterocycles. The van der Waals surface area contributed by atoms with Gasteiger partial charge in [0.15, 0.2) is 6.10 Å². The van der Waals surface area contributed by atoms with Crippen molar-refractivity contribution in [1.82, 2.24) is 0 Å². The average molecular weight is 327 g/mol. The van der Waals surface area contributed by atoms with E-state index in [4.69, 9.17) is 9.47 Å². The lowest BCUT2D eigenvalue weighted by molar-refractivity contribution is -0.122. The van der Waals surface area contributed by atoms with Crippen LogP contribution in [0, 0.1) is 0 Å². The summed E-state index contributed by atoms with van der Waals surface area (Å²) in [4.78, 5) is 12.3. The van der Waals surface area contributed by atoms with Crippen LogP contribution in [0.1, 0.15) is 33.3 Å². The smallest absolute Gasteiger partial charge is 0.265 e. The molecule has 1 amide bonds. The van der Waals surface area contributed by atoms with E-state index in [9.17, 15) is 4.79 Å². The molecule has 0 saturated carbocycles. The maximum Gasteiger partial charge on any atom is 0.265 e. The van der Waals surface area contributed by atoms with Crippen molar-refractivity contribution in [3.8, 4) is 11.5 Å². The number of carbonyl (C=O) groups is 1. The molecule has 24 heavy (non-hydrogen) atoms. The van der Waals surface area contributed by atoms with Crippen molar-refractivity contribution >= 4 is 11.6 Å². The van der Waals surface area contributed by atoms with E-state index in [1.165, 1.54) is 5.56 Å². The van der Waals surface area contributed by atoms with Crippen LogP contribution in [-0.4, -0.2) is 19.1 Å². The Morgan fingerprint density at radius 3 is 2.25 bits per heavy atom. The second-order valence-electron chi connectivity index (χ2n) is 6.72. The minimum Gasteiger partial charge on any atom is -0.495 e. The largest absolute Gasteiger partial charge is 0.495 e. The van der Waals surface area contributed by atoms with Gasteiger partial charge in [-0.2, -0.15) is 0 Å². The molecule has 0 fully saturated rings. The second-order valence-corrected chi connectivity index (χ2v) is 6.72. The zero-order chi connectivity index (χ0) is 17.7. The normalized spacial score (nSPS) is 12.4. The number of hydrogen-bond acceptors (Lipinski definition) is 3. The SMILES string of the molecule is COc1ccccc1NC(=O)[C@@H](C)Oc1ccc(C(C)(C)C)cc1. The zero-order valence-corrected chi connectivity index (χ0v) is 14.9. The summed E-state index contributed by atoms with van der Waals surface area (Å²) in [5, 5.41) is 2.83. The van der Waals surface area contributed by atoms with E-state index >= 15 is 0 Å². The van der Waals surface area contributed by atoms with Crippen molar-refractivity contribution in [2.24, 2.45) is 0 Å². The summed E-state index contributed by atoms with van der Waals surface area (Å²) in [5.41, 5.74) is 1.94. The fourth-order valence-corrected chi connectivity index (χ4v) is 2.27. The summed E-state index contributed by atoms with van der Waals surface area (Å²) < 4.78 is 11.0. The van der Waals surface area contributed by atoms with Gasteiger partial charge in [0.1, 0.15) is 11.5 Å². The molecular weight excluding hydrogens is 302 g/mol. The van der Waals surface area contributed by atoms with Crippen molar-refractivity contribution in [2.75, 3.05) is 12.4 Å². The monoisotopic (exact) mass is 327 g/mol. The molecule has 0 aliphatic heterocycles. The molecule has 1 N–H and O–H groups in total. The van der Waals surface area contributed by atoms with Gasteiger partial charge in [-0.25, -0.2) is 0 Å². The molecule has 4 nitrogen and oxygen atoms in total. The molecule has 0 aromatic heterocycles. The van der Waals surface area contributed by atoms with Gasteiger partial charge in [0.2, 0.25) is 0 Å². The highest BCUT2D eigenvalue weighted by atomic mass is 16.5. The third kappa shape index (κ3) is 4.51. The van der Waals surface area contributed by atoms with Gasteiger partial charge in [0.05, 0.1) is 12.8 Å². The third-order valence-corrected chi connectivity index (χ3v) is 3.77. The van der Waals surface area contributed by atoms with Crippen molar-refractivity contribution in [3.05, 3.63) is 54.1 Å². The fourth-order valence-electron chi connectivity index (χ4n) is 2.27. The Hall–Kier alpha value is -2.49. The van der Waals surface area contributed by atoms with Crippen molar-refractivity contribution in [1.29, 1.82) is 0 Å². The molecule has 2 aromatic rings. The highest BCUT2D eigenvalue weighted by molar-refractivity contribution is 5.95. The van der Waals surface area contributed by atoms with Crippen LogP contribution in [0.15, 0.2) is 48.5 Å². The predicted octanol–water partition coefficient (Wildman–Crippen LogP) is 4.40. The number of hydrogen-bond donors (Lipinski definition) is 1. The molecule has 0 bridgehead atoms. The quantitative estimate of drug-likeness (QED) is 0.885. The second kappa shape index (κ2) is 7.39. The summed E-state index contributed by atoms with van der Waals surface area (Å²) in [5.74, 6) is 1.07. The first-order chi connectivity index (χ1) is 11.3. The molecule has 0 unspecified atom stereocenters. The molecule has 0 radical (unpaired) electrons. The van der Waals surface area contributed by atoms with Gasteiger partial charge >= 0.3 is 0 Å². The van der Waals surface area contributed by atoms with E-state index in [2.05, 4.69) is 26.1 Å². The Morgan fingerprint density at radius 2 is 1.67 bits per heavy atom. The number of nitrogens with one attached hydrogen (secondary N) is 1.